The molecule has 7 heteroatoms. The zero-order chi connectivity index (χ0) is 25.4. The van der Waals surface area contributed by atoms with Gasteiger partial charge in [-0.1, -0.05) is 48.5 Å². The summed E-state index contributed by atoms with van der Waals surface area (Å²) in [5.41, 5.74) is 5.36. The molecule has 6 nitrogen and oxygen atoms in total. The van der Waals surface area contributed by atoms with E-state index in [9.17, 15) is 14.0 Å². The zero-order valence-corrected chi connectivity index (χ0v) is 20.7. The molecule has 0 unspecified atom stereocenters. The molecule has 0 aliphatic carbocycles. The third-order valence-electron chi connectivity index (χ3n) is 5.73. The first-order valence-corrected chi connectivity index (χ1v) is 11.6. The third kappa shape index (κ3) is 7.39. The Bertz CT molecular complexity index is 1090. The number of ether oxygens (including phenoxy) is 1. The van der Waals surface area contributed by atoms with Crippen LogP contribution in [0.3, 0.4) is 0 Å². The molecule has 3 rings (SSSR count). The number of amides is 2. The summed E-state index contributed by atoms with van der Waals surface area (Å²) >= 11 is 0. The molecule has 0 atom stereocenters. The van der Waals surface area contributed by atoms with Gasteiger partial charge in [0.25, 0.3) is 0 Å². The van der Waals surface area contributed by atoms with Crippen LogP contribution in [0.1, 0.15) is 22.3 Å². The molecule has 0 saturated carbocycles. The van der Waals surface area contributed by atoms with Gasteiger partial charge in [-0.2, -0.15) is 0 Å². The first-order valence-electron chi connectivity index (χ1n) is 11.6. The van der Waals surface area contributed by atoms with Gasteiger partial charge >= 0.3 is 0 Å². The number of nitrogens with one attached hydrogen (secondary N) is 2. The van der Waals surface area contributed by atoms with Gasteiger partial charge < -0.3 is 15.4 Å². The van der Waals surface area contributed by atoms with Gasteiger partial charge in [0, 0.05) is 17.9 Å². The summed E-state index contributed by atoms with van der Waals surface area (Å²) in [4.78, 5) is 27.4. The highest BCUT2D eigenvalue weighted by molar-refractivity contribution is 5.96. The normalized spacial score (nSPS) is 10.8. The monoisotopic (exact) mass is 477 g/mol. The maximum Gasteiger partial charge on any atom is 0.238 e. The van der Waals surface area contributed by atoms with Crippen LogP contribution in [0.15, 0.2) is 60.7 Å². The van der Waals surface area contributed by atoms with E-state index >= 15 is 0 Å². The number of benzene rings is 3. The predicted octanol–water partition coefficient (Wildman–Crippen LogP) is 5.02. The molecule has 3 aromatic rings. The maximum atomic E-state index is 13.9. The Balaban J connectivity index is 1.68. The highest BCUT2D eigenvalue weighted by atomic mass is 19.1. The quantitative estimate of drug-likeness (QED) is 0.430. The zero-order valence-electron chi connectivity index (χ0n) is 20.7. The third-order valence-corrected chi connectivity index (χ3v) is 5.73. The Labute approximate surface area is 206 Å². The van der Waals surface area contributed by atoms with E-state index in [2.05, 4.69) is 10.6 Å². The molecule has 2 amide bonds. The van der Waals surface area contributed by atoms with Crippen LogP contribution >= 0.6 is 0 Å². The number of nitrogens with zero attached hydrogens (tertiary/aromatic N) is 1. The van der Waals surface area contributed by atoms with E-state index in [1.807, 2.05) is 64.1 Å². The highest BCUT2D eigenvalue weighted by Crippen LogP contribution is 2.21. The van der Waals surface area contributed by atoms with E-state index in [4.69, 9.17) is 4.74 Å². The first kappa shape index (κ1) is 25.9. The smallest absolute Gasteiger partial charge is 0.238 e. The number of para-hydroxylation sites is 3. The fourth-order valence-corrected chi connectivity index (χ4v) is 3.85. The Morgan fingerprint density at radius 2 is 1.20 bits per heavy atom. The van der Waals surface area contributed by atoms with Crippen molar-refractivity contribution >= 4 is 23.2 Å². The lowest BCUT2D eigenvalue weighted by Crippen LogP contribution is -2.41. The molecule has 0 heterocycles. The topological polar surface area (TPSA) is 70.7 Å². The van der Waals surface area contributed by atoms with Crippen molar-refractivity contribution in [2.45, 2.75) is 27.7 Å². The van der Waals surface area contributed by atoms with E-state index in [0.29, 0.717) is 0 Å². The van der Waals surface area contributed by atoms with Crippen LogP contribution in [-0.4, -0.2) is 43.0 Å². The van der Waals surface area contributed by atoms with Crippen LogP contribution in [-0.2, 0) is 9.59 Å². The van der Waals surface area contributed by atoms with E-state index < -0.39 is 5.82 Å². The van der Waals surface area contributed by atoms with Crippen molar-refractivity contribution in [3.63, 3.8) is 0 Å². The van der Waals surface area contributed by atoms with Crippen molar-refractivity contribution < 1.29 is 18.7 Å². The SMILES string of the molecule is Cc1cccc(C)c1NC(=O)CN(CCOc1ccccc1F)CC(=O)Nc1c(C)cccc1C. The molecule has 0 saturated heterocycles. The average Bonchev–Trinajstić information content (AvgIpc) is 2.80. The maximum absolute atomic E-state index is 13.9. The molecule has 0 spiro atoms. The first-order chi connectivity index (χ1) is 16.7. The molecule has 0 aliphatic heterocycles. The number of carbonyl (C=O) groups is 2. The van der Waals surface area contributed by atoms with E-state index in [1.165, 1.54) is 6.07 Å². The minimum absolute atomic E-state index is 0.0193. The number of hydrogen-bond acceptors (Lipinski definition) is 4. The lowest BCUT2D eigenvalue weighted by atomic mass is 10.1. The summed E-state index contributed by atoms with van der Waals surface area (Å²) in [6, 6.07) is 17.7. The molecule has 0 aromatic heterocycles. The molecule has 35 heavy (non-hydrogen) atoms. The summed E-state index contributed by atoms with van der Waals surface area (Å²) in [6.45, 7) is 8.06. The largest absolute Gasteiger partial charge is 0.489 e. The Morgan fingerprint density at radius 3 is 1.66 bits per heavy atom. The Kier molecular flexibility index (Phi) is 8.98. The van der Waals surface area contributed by atoms with Gasteiger partial charge in [0.05, 0.1) is 13.1 Å². The number of aryl methyl sites for hydroxylation is 4. The molecular formula is C28H32FN3O3. The van der Waals surface area contributed by atoms with Crippen molar-refractivity contribution in [1.29, 1.82) is 0 Å². The summed E-state index contributed by atoms with van der Waals surface area (Å²) < 4.78 is 19.5. The molecular weight excluding hydrogens is 445 g/mol. The van der Waals surface area contributed by atoms with Crippen LogP contribution in [0, 0.1) is 33.5 Å². The van der Waals surface area contributed by atoms with Gasteiger partial charge in [-0.15, -0.1) is 0 Å². The lowest BCUT2D eigenvalue weighted by Gasteiger charge is -2.22. The summed E-state index contributed by atoms with van der Waals surface area (Å²) in [6.07, 6.45) is 0. The van der Waals surface area contributed by atoms with Gasteiger partial charge in [-0.3, -0.25) is 14.5 Å². The van der Waals surface area contributed by atoms with Gasteiger partial charge in [0.1, 0.15) is 6.61 Å². The van der Waals surface area contributed by atoms with E-state index in [0.717, 1.165) is 33.6 Å². The molecule has 0 aliphatic rings. The minimum atomic E-state index is -0.459. The van der Waals surface area contributed by atoms with Crippen LogP contribution in [0.5, 0.6) is 5.75 Å². The summed E-state index contributed by atoms with van der Waals surface area (Å²) in [7, 11) is 0. The highest BCUT2D eigenvalue weighted by Gasteiger charge is 2.18. The number of rotatable bonds is 10. The second-order valence-corrected chi connectivity index (χ2v) is 8.62. The summed E-state index contributed by atoms with van der Waals surface area (Å²) in [5, 5.41) is 5.91. The van der Waals surface area contributed by atoms with Crippen molar-refractivity contribution in [3.8, 4) is 5.75 Å². The number of carbonyl (C=O) groups excluding carboxylic acids is 2. The van der Waals surface area contributed by atoms with E-state index in [-0.39, 0.29) is 43.8 Å². The lowest BCUT2D eigenvalue weighted by molar-refractivity contribution is -0.120. The number of halogens is 1. The summed E-state index contributed by atoms with van der Waals surface area (Å²) in [5.74, 6) is -0.812. The van der Waals surface area contributed by atoms with Gasteiger partial charge in [0.15, 0.2) is 11.6 Å². The number of hydrogen-bond donors (Lipinski definition) is 2. The fourth-order valence-electron chi connectivity index (χ4n) is 3.85. The van der Waals surface area contributed by atoms with Crippen molar-refractivity contribution in [1.82, 2.24) is 4.90 Å². The number of anilines is 2. The van der Waals surface area contributed by atoms with Gasteiger partial charge in [0.2, 0.25) is 11.8 Å². The van der Waals surface area contributed by atoms with Gasteiger partial charge in [-0.05, 0) is 62.1 Å². The van der Waals surface area contributed by atoms with Crippen molar-refractivity contribution in [2.24, 2.45) is 0 Å². The Morgan fingerprint density at radius 1 is 0.743 bits per heavy atom. The minimum Gasteiger partial charge on any atom is -0.489 e. The molecule has 184 valence electrons. The Hall–Kier alpha value is -3.71. The standard InChI is InChI=1S/C28H32FN3O3/c1-19-9-7-10-20(2)27(19)30-25(33)17-32(15-16-35-24-14-6-5-13-23(24)29)18-26(34)31-28-21(3)11-8-12-22(28)4/h5-14H,15-18H2,1-4H3,(H,30,33)(H,31,34). The van der Waals surface area contributed by atoms with E-state index in [1.54, 1.807) is 23.1 Å². The fraction of sp³-hybridized carbons (Fsp3) is 0.286. The second kappa shape index (κ2) is 12.1. The molecule has 0 fully saturated rings. The van der Waals surface area contributed by atoms with Crippen LogP contribution in [0.4, 0.5) is 15.8 Å². The van der Waals surface area contributed by atoms with Crippen LogP contribution in [0.2, 0.25) is 0 Å². The molecule has 0 radical (unpaired) electrons. The molecule has 0 bridgehead atoms. The molecule has 3 aromatic carbocycles. The molecule has 2 N–H and O–H groups in total. The van der Waals surface area contributed by atoms with Crippen LogP contribution < -0.4 is 15.4 Å². The predicted molar refractivity (Wildman–Crippen MR) is 137 cm³/mol. The van der Waals surface area contributed by atoms with Crippen molar-refractivity contribution in [2.75, 3.05) is 36.9 Å². The van der Waals surface area contributed by atoms with Crippen LogP contribution in [0.25, 0.3) is 0 Å². The second-order valence-electron chi connectivity index (χ2n) is 8.62. The average molecular weight is 478 g/mol. The van der Waals surface area contributed by atoms with Gasteiger partial charge in [-0.25, -0.2) is 4.39 Å². The van der Waals surface area contributed by atoms with Crippen molar-refractivity contribution in [3.05, 3.63) is 88.7 Å².